The van der Waals surface area contributed by atoms with E-state index in [2.05, 4.69) is 5.32 Å². The molecule has 3 rings (SSSR count). The van der Waals surface area contributed by atoms with Crippen LogP contribution in [0.5, 0.6) is 0 Å². The molecule has 0 saturated heterocycles. The summed E-state index contributed by atoms with van der Waals surface area (Å²) in [5, 5.41) is 4.54. The molecular weight excluding hydrogens is 491 g/mol. The number of nitrogens with zero attached hydrogens (tertiary/aromatic N) is 2. The molecule has 0 aliphatic carbocycles. The number of hydrogen-bond acceptors (Lipinski definition) is 4. The van der Waals surface area contributed by atoms with Gasteiger partial charge in [-0.2, -0.15) is 13.2 Å². The summed E-state index contributed by atoms with van der Waals surface area (Å²) in [7, 11) is 1.48. The molecule has 0 radical (unpaired) electrons. The number of thiophene rings is 1. The molecule has 0 fully saturated rings. The van der Waals surface area contributed by atoms with Gasteiger partial charge in [0.15, 0.2) is 0 Å². The summed E-state index contributed by atoms with van der Waals surface area (Å²) in [6, 6.07) is 15.1. The molecule has 2 aromatic carbocycles. The molecule has 1 heterocycles. The molecule has 0 atom stereocenters. The van der Waals surface area contributed by atoms with Crippen LogP contribution in [0.15, 0.2) is 66.0 Å². The second-order valence-corrected chi connectivity index (χ2v) is 9.18. The molecule has 0 aliphatic rings. The van der Waals surface area contributed by atoms with Crippen LogP contribution in [-0.4, -0.2) is 48.5 Å². The molecule has 6 nitrogen and oxygen atoms in total. The molecule has 0 unspecified atom stereocenters. The Labute approximate surface area is 212 Å². The molecule has 192 valence electrons. The minimum Gasteiger partial charge on any atom is -0.383 e. The molecule has 1 aromatic heterocycles. The van der Waals surface area contributed by atoms with E-state index < -0.39 is 17.8 Å². The maximum Gasteiger partial charge on any atom is 0.416 e. The lowest BCUT2D eigenvalue weighted by Crippen LogP contribution is -2.45. The number of urea groups is 1. The van der Waals surface area contributed by atoms with Gasteiger partial charge in [0.25, 0.3) is 0 Å². The monoisotopic (exact) mass is 519 g/mol. The van der Waals surface area contributed by atoms with Gasteiger partial charge in [-0.1, -0.05) is 30.3 Å². The first-order valence-corrected chi connectivity index (χ1v) is 12.1. The Bertz CT molecular complexity index is 1130. The van der Waals surface area contributed by atoms with Crippen LogP contribution in [0, 0.1) is 6.92 Å². The van der Waals surface area contributed by atoms with Crippen molar-refractivity contribution in [3.8, 4) is 0 Å². The number of ether oxygens (including phenoxy) is 1. The average Bonchev–Trinajstić information content (AvgIpc) is 3.25. The summed E-state index contributed by atoms with van der Waals surface area (Å²) in [4.78, 5) is 30.4. The fraction of sp³-hybridized carbons (Fsp3) is 0.308. The molecule has 0 aliphatic heterocycles. The van der Waals surface area contributed by atoms with E-state index in [1.807, 2.05) is 48.7 Å². The molecule has 3 amide bonds. The van der Waals surface area contributed by atoms with Crippen molar-refractivity contribution in [3.05, 3.63) is 87.6 Å². The minimum atomic E-state index is -4.47. The summed E-state index contributed by atoms with van der Waals surface area (Å²) in [5.74, 6) is -0.259. The number of amides is 3. The fourth-order valence-corrected chi connectivity index (χ4v) is 4.36. The number of aryl methyl sites for hydroxylation is 1. The lowest BCUT2D eigenvalue weighted by Gasteiger charge is -2.28. The van der Waals surface area contributed by atoms with Crippen molar-refractivity contribution in [2.24, 2.45) is 0 Å². The number of methoxy groups -OCH3 is 1. The third-order valence-electron chi connectivity index (χ3n) is 5.51. The van der Waals surface area contributed by atoms with E-state index in [-0.39, 0.29) is 31.3 Å². The molecule has 10 heteroatoms. The normalized spacial score (nSPS) is 11.2. The molecule has 0 bridgehead atoms. The molecule has 36 heavy (non-hydrogen) atoms. The number of halogens is 3. The molecule has 0 spiro atoms. The van der Waals surface area contributed by atoms with Crippen molar-refractivity contribution in [2.45, 2.75) is 26.2 Å². The number of alkyl halides is 3. The fourth-order valence-electron chi connectivity index (χ4n) is 3.44. The highest BCUT2D eigenvalue weighted by atomic mass is 32.1. The Morgan fingerprint density at radius 3 is 2.25 bits per heavy atom. The standard InChI is InChI=1S/C26H28F3N3O3S/c1-19-12-15-36-23(19)17-32(16-20-6-4-3-5-7-20)24(33)18-31(13-14-35-2)25(34)30-22-10-8-21(9-11-22)26(27,28)29/h3-12,15H,13-14,16-18H2,1-2H3,(H,30,34). The van der Waals surface area contributed by atoms with Crippen LogP contribution in [0.4, 0.5) is 23.7 Å². The predicted molar refractivity (Wildman–Crippen MR) is 134 cm³/mol. The van der Waals surface area contributed by atoms with Crippen LogP contribution in [0.25, 0.3) is 0 Å². The van der Waals surface area contributed by atoms with E-state index in [0.717, 1.165) is 28.1 Å². The Kier molecular flexibility index (Phi) is 9.49. The van der Waals surface area contributed by atoms with Gasteiger partial charge < -0.3 is 19.9 Å². The van der Waals surface area contributed by atoms with Gasteiger partial charge in [-0.3, -0.25) is 4.79 Å². The SMILES string of the molecule is COCCN(CC(=O)N(Cc1ccccc1)Cc1sccc1C)C(=O)Nc1ccc(C(F)(F)F)cc1. The number of benzene rings is 2. The van der Waals surface area contributed by atoms with Gasteiger partial charge in [-0.15, -0.1) is 11.3 Å². The highest BCUT2D eigenvalue weighted by Gasteiger charge is 2.30. The van der Waals surface area contributed by atoms with Crippen molar-refractivity contribution in [3.63, 3.8) is 0 Å². The lowest BCUT2D eigenvalue weighted by molar-refractivity contribution is -0.137. The zero-order valence-corrected chi connectivity index (χ0v) is 20.9. The number of carbonyl (C=O) groups is 2. The maximum atomic E-state index is 13.4. The number of carbonyl (C=O) groups excluding carboxylic acids is 2. The van der Waals surface area contributed by atoms with Crippen LogP contribution in [-0.2, 0) is 28.8 Å². The van der Waals surface area contributed by atoms with Crippen LogP contribution in [0.1, 0.15) is 21.6 Å². The third-order valence-corrected chi connectivity index (χ3v) is 6.52. The van der Waals surface area contributed by atoms with Gasteiger partial charge in [0, 0.05) is 30.8 Å². The highest BCUT2D eigenvalue weighted by Crippen LogP contribution is 2.30. The number of anilines is 1. The van der Waals surface area contributed by atoms with Gasteiger partial charge in [-0.25, -0.2) is 4.79 Å². The summed E-state index contributed by atoms with van der Waals surface area (Å²) in [5.41, 5.74) is 1.42. The van der Waals surface area contributed by atoms with Gasteiger partial charge in [-0.05, 0) is 53.8 Å². The Hall–Kier alpha value is -3.37. The van der Waals surface area contributed by atoms with E-state index in [0.29, 0.717) is 13.1 Å². The van der Waals surface area contributed by atoms with Crippen molar-refractivity contribution in [1.82, 2.24) is 9.80 Å². The van der Waals surface area contributed by atoms with Gasteiger partial charge >= 0.3 is 12.2 Å². The first-order chi connectivity index (χ1) is 17.2. The second-order valence-electron chi connectivity index (χ2n) is 8.18. The summed E-state index contributed by atoms with van der Waals surface area (Å²) in [6.45, 7) is 2.86. The van der Waals surface area contributed by atoms with E-state index in [1.165, 1.54) is 24.1 Å². The van der Waals surface area contributed by atoms with E-state index in [4.69, 9.17) is 4.74 Å². The zero-order valence-electron chi connectivity index (χ0n) is 20.0. The van der Waals surface area contributed by atoms with Crippen molar-refractivity contribution < 1.29 is 27.5 Å². The Balaban J connectivity index is 1.74. The van der Waals surface area contributed by atoms with E-state index in [1.54, 1.807) is 16.2 Å². The van der Waals surface area contributed by atoms with Gasteiger partial charge in [0.1, 0.15) is 6.54 Å². The molecule has 0 saturated carbocycles. The van der Waals surface area contributed by atoms with Crippen molar-refractivity contribution >= 4 is 29.0 Å². The van der Waals surface area contributed by atoms with Crippen molar-refractivity contribution in [2.75, 3.05) is 32.1 Å². The quantitative estimate of drug-likeness (QED) is 0.369. The van der Waals surface area contributed by atoms with Crippen LogP contribution >= 0.6 is 11.3 Å². The highest BCUT2D eigenvalue weighted by molar-refractivity contribution is 7.10. The number of rotatable bonds is 10. The third kappa shape index (κ3) is 7.82. The smallest absolute Gasteiger partial charge is 0.383 e. The topological polar surface area (TPSA) is 61.9 Å². The zero-order chi connectivity index (χ0) is 26.1. The van der Waals surface area contributed by atoms with Crippen LogP contribution in [0.3, 0.4) is 0 Å². The minimum absolute atomic E-state index is 0.131. The maximum absolute atomic E-state index is 13.4. The molecular formula is C26H28F3N3O3S. The lowest BCUT2D eigenvalue weighted by atomic mass is 10.2. The second kappa shape index (κ2) is 12.5. The average molecular weight is 520 g/mol. The first-order valence-electron chi connectivity index (χ1n) is 11.2. The summed E-state index contributed by atoms with van der Waals surface area (Å²) < 4.78 is 43.6. The van der Waals surface area contributed by atoms with Gasteiger partial charge in [0.05, 0.1) is 18.7 Å². The number of hydrogen-bond donors (Lipinski definition) is 1. The summed E-state index contributed by atoms with van der Waals surface area (Å²) >= 11 is 1.56. The van der Waals surface area contributed by atoms with Crippen LogP contribution in [0.2, 0.25) is 0 Å². The largest absolute Gasteiger partial charge is 0.416 e. The Morgan fingerprint density at radius 1 is 0.972 bits per heavy atom. The molecule has 3 aromatic rings. The van der Waals surface area contributed by atoms with Gasteiger partial charge in [0.2, 0.25) is 5.91 Å². The van der Waals surface area contributed by atoms with E-state index >= 15 is 0 Å². The number of nitrogens with one attached hydrogen (secondary N) is 1. The first kappa shape index (κ1) is 27.2. The van der Waals surface area contributed by atoms with Crippen LogP contribution < -0.4 is 5.32 Å². The Morgan fingerprint density at radius 2 is 1.67 bits per heavy atom. The van der Waals surface area contributed by atoms with Crippen molar-refractivity contribution in [1.29, 1.82) is 0 Å². The molecule has 1 N–H and O–H groups in total. The van der Waals surface area contributed by atoms with E-state index in [9.17, 15) is 22.8 Å². The summed E-state index contributed by atoms with van der Waals surface area (Å²) in [6.07, 6.45) is -4.47. The predicted octanol–water partition coefficient (Wildman–Crippen LogP) is 5.78.